The summed E-state index contributed by atoms with van der Waals surface area (Å²) in [6.45, 7) is 2.36. The van der Waals surface area contributed by atoms with Crippen LogP contribution in [0.3, 0.4) is 0 Å². The minimum atomic E-state index is -0.540. The summed E-state index contributed by atoms with van der Waals surface area (Å²) in [5, 5.41) is 10.5. The van der Waals surface area contributed by atoms with Gasteiger partial charge in [0.05, 0.1) is 34.3 Å². The molecule has 1 aliphatic heterocycles. The molecule has 1 aliphatic rings. The molecule has 1 aromatic heterocycles. The predicted octanol–water partition coefficient (Wildman–Crippen LogP) is 1.70. The number of thiazole rings is 1. The molecule has 1 N–H and O–H groups in total. The maximum absolute atomic E-state index is 11.7. The first-order valence-corrected chi connectivity index (χ1v) is 6.31. The largest absolute Gasteiger partial charge is 0.391 e. The summed E-state index contributed by atoms with van der Waals surface area (Å²) in [5.41, 5.74) is 1.81. The topological polar surface area (TPSA) is 53.4 Å². The highest BCUT2D eigenvalue weighted by molar-refractivity contribution is 7.18. The van der Waals surface area contributed by atoms with E-state index in [4.69, 9.17) is 0 Å². The number of rotatable bonds is 1. The quantitative estimate of drug-likeness (QED) is 0.835. The van der Waals surface area contributed by atoms with Crippen molar-refractivity contribution < 1.29 is 9.90 Å². The highest BCUT2D eigenvalue weighted by Crippen LogP contribution is 2.28. The lowest BCUT2D eigenvalue weighted by molar-refractivity contribution is -0.117. The second-order valence-corrected chi connectivity index (χ2v) is 5.48. The zero-order valence-corrected chi connectivity index (χ0v) is 10.2. The molecule has 0 aliphatic carbocycles. The van der Waals surface area contributed by atoms with Gasteiger partial charge in [0.25, 0.3) is 0 Å². The zero-order chi connectivity index (χ0) is 12.0. The van der Waals surface area contributed by atoms with Gasteiger partial charge in [-0.25, -0.2) is 4.98 Å². The van der Waals surface area contributed by atoms with Crippen LogP contribution in [0.25, 0.3) is 10.2 Å². The summed E-state index contributed by atoms with van der Waals surface area (Å²) >= 11 is 1.62. The van der Waals surface area contributed by atoms with Crippen LogP contribution in [-0.4, -0.2) is 28.6 Å². The van der Waals surface area contributed by atoms with Crippen molar-refractivity contribution in [1.29, 1.82) is 0 Å². The lowest BCUT2D eigenvalue weighted by Gasteiger charge is -2.15. The Balaban J connectivity index is 2.03. The van der Waals surface area contributed by atoms with E-state index in [0.717, 1.165) is 20.9 Å². The number of nitrogens with zero attached hydrogens (tertiary/aromatic N) is 2. The Morgan fingerprint density at radius 3 is 3.06 bits per heavy atom. The average Bonchev–Trinajstić information content (AvgIpc) is 2.78. The van der Waals surface area contributed by atoms with E-state index in [1.807, 2.05) is 25.1 Å². The van der Waals surface area contributed by atoms with Gasteiger partial charge in [-0.1, -0.05) is 0 Å². The van der Waals surface area contributed by atoms with E-state index in [1.165, 1.54) is 0 Å². The molecule has 1 unspecified atom stereocenters. The first-order valence-electron chi connectivity index (χ1n) is 5.49. The van der Waals surface area contributed by atoms with E-state index in [1.54, 1.807) is 16.2 Å². The molecule has 0 spiro atoms. The SMILES string of the molecule is Cc1nc2ccc(N3CC(O)CC3=O)cc2s1. The summed E-state index contributed by atoms with van der Waals surface area (Å²) in [6.07, 6.45) is -0.318. The van der Waals surface area contributed by atoms with Crippen molar-refractivity contribution in [1.82, 2.24) is 4.98 Å². The van der Waals surface area contributed by atoms with Crippen molar-refractivity contribution in [2.24, 2.45) is 0 Å². The fraction of sp³-hybridized carbons (Fsp3) is 0.333. The lowest BCUT2D eigenvalue weighted by atomic mass is 10.3. The second kappa shape index (κ2) is 3.78. The molecule has 0 bridgehead atoms. The molecule has 2 heterocycles. The van der Waals surface area contributed by atoms with Gasteiger partial charge >= 0.3 is 0 Å². The number of aliphatic hydroxyl groups excluding tert-OH is 1. The van der Waals surface area contributed by atoms with E-state index >= 15 is 0 Å². The van der Waals surface area contributed by atoms with Crippen molar-refractivity contribution >= 4 is 33.1 Å². The third-order valence-corrected chi connectivity index (χ3v) is 3.83. The van der Waals surface area contributed by atoms with E-state index in [9.17, 15) is 9.90 Å². The first kappa shape index (κ1) is 10.7. The molecule has 1 amide bonds. The van der Waals surface area contributed by atoms with Crippen LogP contribution in [0.2, 0.25) is 0 Å². The number of aliphatic hydroxyl groups is 1. The predicted molar refractivity (Wildman–Crippen MR) is 67.3 cm³/mol. The summed E-state index contributed by atoms with van der Waals surface area (Å²) < 4.78 is 1.08. The van der Waals surface area contributed by atoms with Gasteiger partial charge in [0.15, 0.2) is 0 Å². The molecule has 17 heavy (non-hydrogen) atoms. The summed E-state index contributed by atoms with van der Waals surface area (Å²) in [6, 6.07) is 5.78. The van der Waals surface area contributed by atoms with Gasteiger partial charge in [0.2, 0.25) is 5.91 Å². The van der Waals surface area contributed by atoms with Gasteiger partial charge in [0.1, 0.15) is 0 Å². The fourth-order valence-corrected chi connectivity index (χ4v) is 2.99. The van der Waals surface area contributed by atoms with Gasteiger partial charge in [0, 0.05) is 5.69 Å². The van der Waals surface area contributed by atoms with Crippen LogP contribution in [-0.2, 0) is 4.79 Å². The Morgan fingerprint density at radius 2 is 2.35 bits per heavy atom. The normalized spacial score (nSPS) is 20.5. The molecule has 88 valence electrons. The number of aromatic nitrogens is 1. The molecular formula is C12H12N2O2S. The molecule has 1 aromatic carbocycles. The van der Waals surface area contributed by atoms with Crippen LogP contribution in [0, 0.1) is 6.92 Å². The molecule has 1 fully saturated rings. The summed E-state index contributed by atoms with van der Waals surface area (Å²) in [4.78, 5) is 17.7. The number of amides is 1. The lowest BCUT2D eigenvalue weighted by Crippen LogP contribution is -2.24. The summed E-state index contributed by atoms with van der Waals surface area (Å²) in [5.74, 6) is -0.0157. The Bertz CT molecular complexity index is 593. The molecule has 1 atom stereocenters. The molecule has 0 saturated carbocycles. The van der Waals surface area contributed by atoms with Crippen LogP contribution >= 0.6 is 11.3 Å². The summed E-state index contributed by atoms with van der Waals surface area (Å²) in [7, 11) is 0. The minimum Gasteiger partial charge on any atom is -0.391 e. The van der Waals surface area contributed by atoms with Crippen molar-refractivity contribution in [2.45, 2.75) is 19.4 Å². The number of hydrogen-bond donors (Lipinski definition) is 1. The third-order valence-electron chi connectivity index (χ3n) is 2.90. The van der Waals surface area contributed by atoms with Crippen molar-refractivity contribution in [3.63, 3.8) is 0 Å². The number of anilines is 1. The maximum Gasteiger partial charge on any atom is 0.229 e. The molecule has 2 aromatic rings. The molecule has 5 heteroatoms. The Hall–Kier alpha value is -1.46. The number of carbonyl (C=O) groups excluding carboxylic acids is 1. The Labute approximate surface area is 103 Å². The van der Waals surface area contributed by atoms with Gasteiger partial charge in [-0.05, 0) is 25.1 Å². The highest BCUT2D eigenvalue weighted by Gasteiger charge is 2.29. The molecule has 1 saturated heterocycles. The van der Waals surface area contributed by atoms with Crippen molar-refractivity contribution in [2.75, 3.05) is 11.4 Å². The molecule has 3 rings (SSSR count). The van der Waals surface area contributed by atoms with Gasteiger partial charge in [-0.15, -0.1) is 11.3 Å². The number of benzene rings is 1. The Kier molecular flexibility index (Phi) is 2.38. The molecule has 4 nitrogen and oxygen atoms in total. The number of aryl methyl sites for hydroxylation is 1. The van der Waals surface area contributed by atoms with Crippen molar-refractivity contribution in [3.05, 3.63) is 23.2 Å². The van der Waals surface area contributed by atoms with E-state index < -0.39 is 6.10 Å². The number of hydrogen-bond acceptors (Lipinski definition) is 4. The van der Waals surface area contributed by atoms with Crippen LogP contribution in [0.15, 0.2) is 18.2 Å². The molecular weight excluding hydrogens is 236 g/mol. The average molecular weight is 248 g/mol. The monoisotopic (exact) mass is 248 g/mol. The van der Waals surface area contributed by atoms with Gasteiger partial charge < -0.3 is 10.0 Å². The maximum atomic E-state index is 11.7. The first-order chi connectivity index (χ1) is 8.13. The van der Waals surface area contributed by atoms with Gasteiger partial charge in [-0.2, -0.15) is 0 Å². The van der Waals surface area contributed by atoms with Crippen LogP contribution in [0.4, 0.5) is 5.69 Å². The molecule has 0 radical (unpaired) electrons. The standard InChI is InChI=1S/C12H12N2O2S/c1-7-13-10-3-2-8(4-11(10)17-7)14-6-9(15)5-12(14)16/h2-4,9,15H,5-6H2,1H3. The van der Waals surface area contributed by atoms with Crippen molar-refractivity contribution in [3.8, 4) is 0 Å². The van der Waals surface area contributed by atoms with E-state index in [2.05, 4.69) is 4.98 Å². The smallest absolute Gasteiger partial charge is 0.229 e. The third kappa shape index (κ3) is 1.81. The zero-order valence-electron chi connectivity index (χ0n) is 9.38. The van der Waals surface area contributed by atoms with Crippen LogP contribution in [0.1, 0.15) is 11.4 Å². The van der Waals surface area contributed by atoms with Crippen LogP contribution in [0.5, 0.6) is 0 Å². The van der Waals surface area contributed by atoms with E-state index in [0.29, 0.717) is 6.54 Å². The van der Waals surface area contributed by atoms with E-state index in [-0.39, 0.29) is 12.3 Å². The minimum absolute atomic E-state index is 0.0157. The number of fused-ring (bicyclic) bond motifs is 1. The van der Waals surface area contributed by atoms with Gasteiger partial charge in [-0.3, -0.25) is 4.79 Å². The number of carbonyl (C=O) groups is 1. The fourth-order valence-electron chi connectivity index (χ4n) is 2.13. The number of β-amino-alcohol motifs (C(OH)–C–C–N with tert-alkyl or cyclic N) is 1. The highest BCUT2D eigenvalue weighted by atomic mass is 32.1. The Morgan fingerprint density at radius 1 is 1.53 bits per heavy atom. The second-order valence-electron chi connectivity index (χ2n) is 4.25. The van der Waals surface area contributed by atoms with Crippen LogP contribution < -0.4 is 4.90 Å².